The van der Waals surface area contributed by atoms with E-state index in [-0.39, 0.29) is 17.1 Å². The third kappa shape index (κ3) is 11.6. The Balaban J connectivity index is 0.000000434. The van der Waals surface area contributed by atoms with E-state index in [1.807, 2.05) is 30.3 Å². The zero-order valence-electron chi connectivity index (χ0n) is 22.5. The molecule has 192 valence electrons. The zero-order chi connectivity index (χ0) is 26.1. The molecule has 0 fully saturated rings. The van der Waals surface area contributed by atoms with Gasteiger partial charge in [0, 0.05) is 0 Å². The number of hydrogen-bond donors (Lipinski definition) is 0. The van der Waals surface area contributed by atoms with Crippen LogP contribution in [0.3, 0.4) is 0 Å². The van der Waals surface area contributed by atoms with Crippen molar-refractivity contribution in [1.29, 1.82) is 0 Å². The first-order valence-electron chi connectivity index (χ1n) is 13.1. The number of hydrogen-bond acceptors (Lipinski definition) is 0. The van der Waals surface area contributed by atoms with E-state index >= 15 is 0 Å². The molecule has 0 nitrogen and oxygen atoms in total. The van der Waals surface area contributed by atoms with Gasteiger partial charge in [-0.05, 0) is 48.5 Å². The Morgan fingerprint density at radius 1 is 0.500 bits per heavy atom. The van der Waals surface area contributed by atoms with E-state index in [0.717, 1.165) is 0 Å². The fourth-order valence-corrected chi connectivity index (χ4v) is 10.2. The summed E-state index contributed by atoms with van der Waals surface area (Å²) in [5.74, 6) is 0.583. The van der Waals surface area contributed by atoms with E-state index in [4.69, 9.17) is 0 Å². The van der Waals surface area contributed by atoms with Crippen molar-refractivity contribution in [3.63, 3.8) is 0 Å². The molecule has 0 aliphatic heterocycles. The molecule has 0 saturated carbocycles. The average Bonchev–Trinajstić information content (AvgIpc) is 3.54. The molecule has 0 unspecified atom stereocenters. The summed E-state index contributed by atoms with van der Waals surface area (Å²) in [4.78, 5) is 0. The molecule has 0 radical (unpaired) electrons. The van der Waals surface area contributed by atoms with Crippen LogP contribution in [0.4, 0.5) is 0 Å². The van der Waals surface area contributed by atoms with Crippen molar-refractivity contribution in [2.45, 2.75) is 13.8 Å². The predicted octanol–water partition coefficient (Wildman–Crippen LogP) is 7.60. The largest absolute Gasteiger partial charge is 6.00 e. The topological polar surface area (TPSA) is 0 Å². The molecule has 0 spiro atoms. The first-order valence-corrected chi connectivity index (χ1v) is 16.5. The van der Waals surface area contributed by atoms with E-state index in [0.29, 0.717) is 5.92 Å². The summed E-state index contributed by atoms with van der Waals surface area (Å²) in [5, 5.41) is 6.06. The quantitative estimate of drug-likeness (QED) is 0.106. The molecule has 38 heavy (non-hydrogen) atoms. The van der Waals surface area contributed by atoms with Crippen molar-refractivity contribution < 1.29 is 17.1 Å². The van der Waals surface area contributed by atoms with Crippen molar-refractivity contribution in [2.75, 3.05) is 12.3 Å². The maximum atomic E-state index is 3.64. The van der Waals surface area contributed by atoms with Gasteiger partial charge in [-0.1, -0.05) is 86.6 Å². The zero-order valence-corrected chi connectivity index (χ0v) is 25.6. The monoisotopic (exact) mass is 578 g/mol. The Bertz CT molecular complexity index is 1010. The van der Waals surface area contributed by atoms with Crippen LogP contribution in [0, 0.1) is 12.8 Å². The van der Waals surface area contributed by atoms with E-state index in [2.05, 4.69) is 142 Å². The van der Waals surface area contributed by atoms with Crippen LogP contribution in [0.25, 0.3) is 0 Å². The minimum atomic E-state index is -0.783. The smallest absolute Gasteiger partial charge is 0.341 e. The predicted molar refractivity (Wildman–Crippen MR) is 173 cm³/mol. The molecule has 0 atom stereocenters. The molecule has 0 bridgehead atoms. The van der Waals surface area contributed by atoms with Crippen LogP contribution in [-0.4, -0.2) is 12.3 Å². The summed E-state index contributed by atoms with van der Waals surface area (Å²) in [6.07, 6.45) is 2.52. The van der Waals surface area contributed by atoms with Gasteiger partial charge >= 0.3 is 17.1 Å². The average molecular weight is 578 g/mol. The Morgan fingerprint density at radius 2 is 0.737 bits per heavy atom. The van der Waals surface area contributed by atoms with E-state index in [1.54, 1.807) is 0 Å². The molecule has 5 aromatic rings. The van der Waals surface area contributed by atoms with Crippen LogP contribution in [-0.2, 0) is 17.1 Å². The molecule has 3 heteroatoms. The van der Waals surface area contributed by atoms with Gasteiger partial charge in [0.05, 0.1) is 37.1 Å². The first-order chi connectivity index (χ1) is 18.1. The van der Waals surface area contributed by atoms with Gasteiger partial charge in [0.2, 0.25) is 0 Å². The van der Waals surface area contributed by atoms with Crippen LogP contribution >= 0.6 is 15.8 Å². The van der Waals surface area contributed by atoms with Crippen LogP contribution < -0.4 is 21.2 Å². The summed E-state index contributed by atoms with van der Waals surface area (Å²) in [6, 6.07) is 54.5. The second-order valence-electron chi connectivity index (χ2n) is 9.28. The minimum absolute atomic E-state index is 0. The Morgan fingerprint density at radius 3 is 0.921 bits per heavy atom. The van der Waals surface area contributed by atoms with E-state index in [1.165, 1.54) is 33.5 Å². The van der Waals surface area contributed by atoms with Crippen LogP contribution in [0.5, 0.6) is 0 Å². The van der Waals surface area contributed by atoms with Gasteiger partial charge in [-0.15, -0.1) is 0 Å². The third-order valence-corrected chi connectivity index (χ3v) is 11.8. The standard InChI is InChI=1S/C26H24P2.C5H5.C4H9.Fe/c1-5-13-23(14-6-1)27(24-15-7-2-8-16-24)21-22-28(25-17-9-3-10-18-25)26-19-11-4-12-20-26;1-2-4-5-3-1;1-4(2)3;/h1-20H,21-22H2;1-5H;4H,1H2,2-3H3;/q;2*-1;+6/p+2. The summed E-state index contributed by atoms with van der Waals surface area (Å²) >= 11 is 0. The molecule has 0 aliphatic carbocycles. The molecule has 0 N–H and O–H groups in total. The van der Waals surface area contributed by atoms with Crippen LogP contribution in [0.15, 0.2) is 152 Å². The molecule has 0 amide bonds. The summed E-state index contributed by atoms with van der Waals surface area (Å²) < 4.78 is 0. The third-order valence-electron chi connectivity index (χ3n) is 5.67. The van der Waals surface area contributed by atoms with Crippen molar-refractivity contribution in [1.82, 2.24) is 0 Å². The molecule has 0 saturated heterocycles. The SMILES string of the molecule is [CH2-]C(C)C.[Fe+6].c1cc[cH-]c1.c1ccc([PH+](CC[PH+](c2ccccc2)c2ccccc2)c2ccccc2)cc1. The van der Waals surface area contributed by atoms with E-state index < -0.39 is 15.8 Å². The van der Waals surface area contributed by atoms with Gasteiger partial charge < -0.3 is 6.92 Å². The van der Waals surface area contributed by atoms with Crippen molar-refractivity contribution >= 4 is 37.1 Å². The maximum Gasteiger partial charge on any atom is 6.00 e. The van der Waals surface area contributed by atoms with Gasteiger partial charge in [-0.3, -0.25) is 0 Å². The molecular formula is C35H40FeP2+6. The molecule has 0 aliphatic rings. The Labute approximate surface area is 243 Å². The molecule has 0 aromatic heterocycles. The fourth-order valence-electron chi connectivity index (χ4n) is 4.04. The summed E-state index contributed by atoms with van der Waals surface area (Å²) in [5.41, 5.74) is 0. The minimum Gasteiger partial charge on any atom is -0.341 e. The summed E-state index contributed by atoms with van der Waals surface area (Å²) in [7, 11) is -1.57. The normalized spacial score (nSPS) is 10.2. The summed E-state index contributed by atoms with van der Waals surface area (Å²) in [6.45, 7) is 7.75. The van der Waals surface area contributed by atoms with Crippen molar-refractivity contribution in [2.24, 2.45) is 5.92 Å². The maximum absolute atomic E-state index is 3.64. The van der Waals surface area contributed by atoms with Gasteiger partial charge in [-0.25, -0.2) is 12.1 Å². The van der Waals surface area contributed by atoms with Crippen molar-refractivity contribution in [3.05, 3.63) is 159 Å². The van der Waals surface area contributed by atoms with Crippen molar-refractivity contribution in [3.8, 4) is 0 Å². The van der Waals surface area contributed by atoms with Gasteiger partial charge in [0.1, 0.15) is 12.3 Å². The first kappa shape index (κ1) is 31.8. The molecule has 0 heterocycles. The second kappa shape index (κ2) is 18.8. The van der Waals surface area contributed by atoms with Crippen LogP contribution in [0.2, 0.25) is 0 Å². The van der Waals surface area contributed by atoms with Crippen LogP contribution in [0.1, 0.15) is 13.8 Å². The number of benzene rings is 4. The molecular weight excluding hydrogens is 538 g/mol. The van der Waals surface area contributed by atoms with Gasteiger partial charge in [-0.2, -0.15) is 24.1 Å². The Hall–Kier alpha value is -2.39. The number of rotatable bonds is 7. The van der Waals surface area contributed by atoms with Gasteiger partial charge in [0.25, 0.3) is 0 Å². The van der Waals surface area contributed by atoms with E-state index in [9.17, 15) is 0 Å². The molecule has 5 rings (SSSR count). The molecule has 5 aromatic carbocycles. The Kier molecular flexibility index (Phi) is 15.7. The van der Waals surface area contributed by atoms with Gasteiger partial charge in [0.15, 0.2) is 0 Å². The second-order valence-corrected chi connectivity index (χ2v) is 14.5. The fraction of sp³-hybridized carbons (Fsp3) is 0.143.